The van der Waals surface area contributed by atoms with Gasteiger partial charge in [-0.2, -0.15) is 0 Å². The fourth-order valence-corrected chi connectivity index (χ4v) is 4.21. The minimum absolute atomic E-state index is 0.314. The van der Waals surface area contributed by atoms with Crippen LogP contribution < -0.4 is 9.47 Å². The first-order valence-electron chi connectivity index (χ1n) is 14.8. The van der Waals surface area contributed by atoms with Crippen LogP contribution in [0, 0.1) is 5.92 Å². The van der Waals surface area contributed by atoms with Gasteiger partial charge in [-0.05, 0) is 85.3 Å². The van der Waals surface area contributed by atoms with Crippen LogP contribution in [0.25, 0.3) is 11.1 Å². The summed E-state index contributed by atoms with van der Waals surface area (Å²) in [6.45, 7) is 8.81. The summed E-state index contributed by atoms with van der Waals surface area (Å²) >= 11 is 0. The molecule has 0 aliphatic carbocycles. The molecule has 3 rings (SSSR count). The molecule has 0 spiro atoms. The maximum absolute atomic E-state index is 12.6. The third-order valence-electron chi connectivity index (χ3n) is 6.78. The van der Waals surface area contributed by atoms with Gasteiger partial charge in [-0.1, -0.05) is 70.7 Å². The van der Waals surface area contributed by atoms with Crippen LogP contribution in [0.15, 0.2) is 72.8 Å². The summed E-state index contributed by atoms with van der Waals surface area (Å²) in [6, 6.07) is 20.5. The number of ether oxygens (including phenoxy) is 4. The highest BCUT2D eigenvalue weighted by atomic mass is 16.6. The van der Waals surface area contributed by atoms with Crippen molar-refractivity contribution in [2.24, 2.45) is 5.92 Å². The second-order valence-electron chi connectivity index (χ2n) is 10.5. The molecule has 0 aromatic heterocycles. The molecule has 0 heterocycles. The number of benzene rings is 3. The Bertz CT molecular complexity index is 1260. The molecule has 3 aromatic carbocycles. The van der Waals surface area contributed by atoms with Crippen molar-refractivity contribution < 1.29 is 33.3 Å². The minimum atomic E-state index is -0.671. The fourth-order valence-electron chi connectivity index (χ4n) is 4.21. The van der Waals surface area contributed by atoms with Gasteiger partial charge in [0.15, 0.2) is 6.10 Å². The first-order valence-corrected chi connectivity index (χ1v) is 14.8. The van der Waals surface area contributed by atoms with E-state index >= 15 is 0 Å². The predicted octanol–water partition coefficient (Wildman–Crippen LogP) is 8.06. The number of rotatable bonds is 16. The zero-order valence-corrected chi connectivity index (χ0v) is 25.1. The Balaban J connectivity index is 1.49. The summed E-state index contributed by atoms with van der Waals surface area (Å²) in [5.74, 6) is -0.276. The Hall–Kier alpha value is -3.97. The molecule has 0 saturated heterocycles. The van der Waals surface area contributed by atoms with Gasteiger partial charge < -0.3 is 18.9 Å². The molecule has 3 aromatic rings. The smallest absolute Gasteiger partial charge is 0.343 e. The van der Waals surface area contributed by atoms with Crippen molar-refractivity contribution in [2.45, 2.75) is 72.3 Å². The molecule has 0 unspecified atom stereocenters. The van der Waals surface area contributed by atoms with Crippen molar-refractivity contribution in [3.63, 3.8) is 0 Å². The standard InChI is InChI=1S/C35H42O7/c1-5-7-8-9-10-25(3)24-40-34(37)29-13-11-27(12-14-29)28-15-19-32(20-16-28)42-35(38)30-17-21-31(22-18-30)41-33(36)26(4)39-23-6-2/h11-22,25-26H,5-10,23-24H2,1-4H3/t25-,26-/m0/s1. The van der Waals surface area contributed by atoms with Gasteiger partial charge in [0.25, 0.3) is 0 Å². The summed E-state index contributed by atoms with van der Waals surface area (Å²) in [4.78, 5) is 37.2. The van der Waals surface area contributed by atoms with Crippen molar-refractivity contribution in [1.29, 1.82) is 0 Å². The highest BCUT2D eigenvalue weighted by Crippen LogP contribution is 2.24. The second-order valence-corrected chi connectivity index (χ2v) is 10.5. The lowest BCUT2D eigenvalue weighted by molar-refractivity contribution is -0.146. The molecule has 0 aliphatic heterocycles. The molecule has 0 fully saturated rings. The van der Waals surface area contributed by atoms with E-state index in [-0.39, 0.29) is 5.97 Å². The maximum atomic E-state index is 12.6. The SMILES string of the molecule is CCCCCC[C@H](C)COC(=O)c1ccc(-c2ccc(OC(=O)c3ccc(OC(=O)[C@H](C)OCCC)cc3)cc2)cc1. The van der Waals surface area contributed by atoms with Crippen molar-refractivity contribution >= 4 is 17.9 Å². The Morgan fingerprint density at radius 1 is 0.643 bits per heavy atom. The van der Waals surface area contributed by atoms with Crippen LogP contribution in [-0.4, -0.2) is 37.2 Å². The Labute approximate surface area is 249 Å². The van der Waals surface area contributed by atoms with Crippen LogP contribution in [0.5, 0.6) is 11.5 Å². The largest absolute Gasteiger partial charge is 0.462 e. The maximum Gasteiger partial charge on any atom is 0.343 e. The molecule has 7 heteroatoms. The number of unbranched alkanes of at least 4 members (excludes halogenated alkanes) is 3. The molecule has 42 heavy (non-hydrogen) atoms. The Morgan fingerprint density at radius 3 is 1.81 bits per heavy atom. The third-order valence-corrected chi connectivity index (χ3v) is 6.78. The van der Waals surface area contributed by atoms with E-state index in [1.165, 1.54) is 37.8 Å². The highest BCUT2D eigenvalue weighted by molar-refractivity contribution is 5.91. The first kappa shape index (κ1) is 32.5. The lowest BCUT2D eigenvalue weighted by atomic mass is 10.0. The average molecular weight is 575 g/mol. The van der Waals surface area contributed by atoms with Crippen molar-refractivity contribution in [1.82, 2.24) is 0 Å². The molecular weight excluding hydrogens is 532 g/mol. The van der Waals surface area contributed by atoms with Crippen LogP contribution in [0.3, 0.4) is 0 Å². The van der Waals surface area contributed by atoms with Crippen molar-refractivity contribution in [2.75, 3.05) is 13.2 Å². The summed E-state index contributed by atoms with van der Waals surface area (Å²) in [5, 5.41) is 0. The second kappa shape index (κ2) is 17.1. The topological polar surface area (TPSA) is 88.1 Å². The van der Waals surface area contributed by atoms with Gasteiger partial charge in [0.1, 0.15) is 11.5 Å². The monoisotopic (exact) mass is 574 g/mol. The summed E-state index contributed by atoms with van der Waals surface area (Å²) in [6.07, 6.45) is 6.05. The van der Waals surface area contributed by atoms with Crippen LogP contribution in [0.2, 0.25) is 0 Å². The van der Waals surface area contributed by atoms with E-state index in [0.717, 1.165) is 24.0 Å². The first-order chi connectivity index (χ1) is 20.3. The van der Waals surface area contributed by atoms with Gasteiger partial charge in [0.2, 0.25) is 0 Å². The lowest BCUT2D eigenvalue weighted by Gasteiger charge is -2.12. The van der Waals surface area contributed by atoms with E-state index in [9.17, 15) is 14.4 Å². The zero-order valence-electron chi connectivity index (χ0n) is 25.1. The molecule has 2 atom stereocenters. The average Bonchev–Trinajstić information content (AvgIpc) is 3.01. The Morgan fingerprint density at radius 2 is 1.19 bits per heavy atom. The number of hydrogen-bond donors (Lipinski definition) is 0. The van der Waals surface area contributed by atoms with Crippen LogP contribution in [-0.2, 0) is 14.3 Å². The number of hydrogen-bond acceptors (Lipinski definition) is 7. The molecule has 0 bridgehead atoms. The molecule has 224 valence electrons. The lowest BCUT2D eigenvalue weighted by Crippen LogP contribution is -2.26. The molecule has 0 N–H and O–H groups in total. The molecule has 7 nitrogen and oxygen atoms in total. The van der Waals surface area contributed by atoms with Gasteiger partial charge in [-0.15, -0.1) is 0 Å². The van der Waals surface area contributed by atoms with Crippen LogP contribution >= 0.6 is 0 Å². The molecule has 0 saturated carbocycles. The van der Waals surface area contributed by atoms with E-state index < -0.39 is 18.0 Å². The zero-order chi connectivity index (χ0) is 30.3. The highest BCUT2D eigenvalue weighted by Gasteiger charge is 2.16. The van der Waals surface area contributed by atoms with Crippen LogP contribution in [0.1, 0.15) is 86.9 Å². The van der Waals surface area contributed by atoms with E-state index in [0.29, 0.717) is 41.8 Å². The van der Waals surface area contributed by atoms with E-state index in [4.69, 9.17) is 18.9 Å². The van der Waals surface area contributed by atoms with Gasteiger partial charge >= 0.3 is 17.9 Å². The van der Waals surface area contributed by atoms with Crippen LogP contribution in [0.4, 0.5) is 0 Å². The summed E-state index contributed by atoms with van der Waals surface area (Å²) < 4.78 is 21.7. The van der Waals surface area contributed by atoms with E-state index in [2.05, 4.69) is 13.8 Å². The molecule has 0 aliphatic rings. The molecule has 0 amide bonds. The van der Waals surface area contributed by atoms with Crippen molar-refractivity contribution in [3.8, 4) is 22.6 Å². The third kappa shape index (κ3) is 10.5. The summed E-state index contributed by atoms with van der Waals surface area (Å²) in [7, 11) is 0. The van der Waals surface area contributed by atoms with Gasteiger partial charge in [-0.25, -0.2) is 14.4 Å². The summed E-state index contributed by atoms with van der Waals surface area (Å²) in [5.41, 5.74) is 2.68. The number of carbonyl (C=O) groups excluding carboxylic acids is 3. The molecule has 0 radical (unpaired) electrons. The van der Waals surface area contributed by atoms with Gasteiger partial charge in [-0.3, -0.25) is 0 Å². The number of esters is 3. The quantitative estimate of drug-likeness (QED) is 0.0971. The van der Waals surface area contributed by atoms with E-state index in [1.54, 1.807) is 43.3 Å². The van der Waals surface area contributed by atoms with Gasteiger partial charge in [0.05, 0.1) is 17.7 Å². The fraction of sp³-hybridized carbons (Fsp3) is 0.400. The molecular formula is C35H42O7. The predicted molar refractivity (Wildman–Crippen MR) is 163 cm³/mol. The van der Waals surface area contributed by atoms with Gasteiger partial charge in [0, 0.05) is 6.61 Å². The van der Waals surface area contributed by atoms with Crippen molar-refractivity contribution in [3.05, 3.63) is 83.9 Å². The Kier molecular flexibility index (Phi) is 13.2. The number of carbonyl (C=O) groups is 3. The minimum Gasteiger partial charge on any atom is -0.462 e. The normalized spacial score (nSPS) is 12.3. The van der Waals surface area contributed by atoms with E-state index in [1.807, 2.05) is 31.2 Å².